The van der Waals surface area contributed by atoms with Gasteiger partial charge in [0.25, 0.3) is 0 Å². The van der Waals surface area contributed by atoms with Gasteiger partial charge in [-0.1, -0.05) is 55.5 Å². The molecule has 1 amide bonds. The molecular weight excluding hydrogens is 422 g/mol. The Morgan fingerprint density at radius 3 is 2.26 bits per heavy atom. The van der Waals surface area contributed by atoms with Crippen molar-refractivity contribution < 1.29 is 9.53 Å². The Balaban J connectivity index is 1.68. The molecule has 5 nitrogen and oxygen atoms in total. The SMILES string of the molecule is CC/C(=C(\c1ccncc1)c1ccc(OCCNCC=CC(=O)N(C)C)cc1)c1ccccc1. The summed E-state index contributed by atoms with van der Waals surface area (Å²) in [7, 11) is 3.47. The van der Waals surface area contributed by atoms with Crippen LogP contribution in [0, 0.1) is 0 Å². The number of likely N-dealkylation sites (N-methyl/N-ethyl adjacent to an activating group) is 1. The number of pyridine rings is 1. The van der Waals surface area contributed by atoms with Crippen molar-refractivity contribution in [2.24, 2.45) is 0 Å². The van der Waals surface area contributed by atoms with E-state index in [-0.39, 0.29) is 5.91 Å². The molecule has 1 aromatic heterocycles. The first-order valence-electron chi connectivity index (χ1n) is 11.6. The summed E-state index contributed by atoms with van der Waals surface area (Å²) in [6.45, 7) is 4.06. The highest BCUT2D eigenvalue weighted by molar-refractivity contribution is 5.98. The zero-order valence-corrected chi connectivity index (χ0v) is 20.2. The Morgan fingerprint density at radius 2 is 1.62 bits per heavy atom. The van der Waals surface area contributed by atoms with E-state index < -0.39 is 0 Å². The zero-order valence-electron chi connectivity index (χ0n) is 20.2. The average Bonchev–Trinajstić information content (AvgIpc) is 2.88. The number of allylic oxidation sites excluding steroid dienone is 1. The van der Waals surface area contributed by atoms with Crippen molar-refractivity contribution in [3.8, 4) is 5.75 Å². The molecule has 0 atom stereocenters. The van der Waals surface area contributed by atoms with Crippen LogP contribution in [0.25, 0.3) is 11.1 Å². The van der Waals surface area contributed by atoms with Crippen molar-refractivity contribution in [3.05, 3.63) is 108 Å². The summed E-state index contributed by atoms with van der Waals surface area (Å²) >= 11 is 0. The van der Waals surface area contributed by atoms with Gasteiger partial charge in [-0.25, -0.2) is 0 Å². The second-order valence-corrected chi connectivity index (χ2v) is 8.02. The second kappa shape index (κ2) is 13.1. The van der Waals surface area contributed by atoms with Gasteiger partial charge in [0.05, 0.1) is 0 Å². The van der Waals surface area contributed by atoms with Crippen molar-refractivity contribution in [2.45, 2.75) is 13.3 Å². The van der Waals surface area contributed by atoms with E-state index in [0.717, 1.165) is 23.3 Å². The maximum absolute atomic E-state index is 11.5. The van der Waals surface area contributed by atoms with E-state index >= 15 is 0 Å². The molecule has 2 aromatic carbocycles. The van der Waals surface area contributed by atoms with Gasteiger partial charge in [0.15, 0.2) is 0 Å². The third-order valence-corrected chi connectivity index (χ3v) is 5.40. The number of nitrogens with zero attached hydrogens (tertiary/aromatic N) is 2. The molecule has 0 spiro atoms. The van der Waals surface area contributed by atoms with Gasteiger partial charge in [-0.2, -0.15) is 0 Å². The first-order valence-corrected chi connectivity index (χ1v) is 11.6. The van der Waals surface area contributed by atoms with Crippen LogP contribution in [0.3, 0.4) is 0 Å². The number of nitrogens with one attached hydrogen (secondary N) is 1. The zero-order chi connectivity index (χ0) is 24.2. The molecule has 0 fully saturated rings. The fourth-order valence-electron chi connectivity index (χ4n) is 3.65. The maximum Gasteiger partial charge on any atom is 0.245 e. The lowest BCUT2D eigenvalue weighted by molar-refractivity contribution is -0.123. The van der Waals surface area contributed by atoms with E-state index in [9.17, 15) is 4.79 Å². The lowest BCUT2D eigenvalue weighted by Gasteiger charge is -2.16. The van der Waals surface area contributed by atoms with Crippen LogP contribution in [0.1, 0.15) is 30.0 Å². The molecule has 1 heterocycles. The molecule has 0 radical (unpaired) electrons. The minimum Gasteiger partial charge on any atom is -0.492 e. The molecular formula is C29H33N3O2. The smallest absolute Gasteiger partial charge is 0.245 e. The van der Waals surface area contributed by atoms with Crippen LogP contribution < -0.4 is 10.1 Å². The predicted molar refractivity (Wildman–Crippen MR) is 140 cm³/mol. The van der Waals surface area contributed by atoms with Crippen LogP contribution >= 0.6 is 0 Å². The number of benzene rings is 2. The van der Waals surface area contributed by atoms with Crippen LogP contribution in [0.5, 0.6) is 5.75 Å². The van der Waals surface area contributed by atoms with Crippen molar-refractivity contribution in [1.29, 1.82) is 0 Å². The molecule has 3 aromatic rings. The summed E-state index contributed by atoms with van der Waals surface area (Å²) < 4.78 is 5.90. The van der Waals surface area contributed by atoms with Gasteiger partial charge in [0.1, 0.15) is 12.4 Å². The van der Waals surface area contributed by atoms with E-state index in [2.05, 4.69) is 65.8 Å². The number of hydrogen-bond donors (Lipinski definition) is 1. The lowest BCUT2D eigenvalue weighted by atomic mass is 9.88. The number of aromatic nitrogens is 1. The second-order valence-electron chi connectivity index (χ2n) is 8.02. The number of carbonyl (C=O) groups is 1. The number of rotatable bonds is 11. The highest BCUT2D eigenvalue weighted by Crippen LogP contribution is 2.34. The van der Waals surface area contributed by atoms with E-state index in [1.54, 1.807) is 25.1 Å². The summed E-state index contributed by atoms with van der Waals surface area (Å²) in [4.78, 5) is 17.2. The Hall–Kier alpha value is -3.70. The Kier molecular flexibility index (Phi) is 9.62. The van der Waals surface area contributed by atoms with Gasteiger partial charge in [-0.05, 0) is 58.5 Å². The largest absolute Gasteiger partial charge is 0.492 e. The van der Waals surface area contributed by atoms with Gasteiger partial charge >= 0.3 is 0 Å². The fourth-order valence-corrected chi connectivity index (χ4v) is 3.65. The Bertz CT molecular complexity index is 1090. The first-order chi connectivity index (χ1) is 16.6. The highest BCUT2D eigenvalue weighted by Gasteiger charge is 2.13. The third-order valence-electron chi connectivity index (χ3n) is 5.40. The van der Waals surface area contributed by atoms with Crippen LogP contribution in [0.2, 0.25) is 0 Å². The predicted octanol–water partition coefficient (Wildman–Crippen LogP) is 5.06. The van der Waals surface area contributed by atoms with Gasteiger partial charge in [-0.3, -0.25) is 9.78 Å². The van der Waals surface area contributed by atoms with Gasteiger partial charge < -0.3 is 15.0 Å². The normalized spacial score (nSPS) is 11.9. The molecule has 176 valence electrons. The van der Waals surface area contributed by atoms with Gasteiger partial charge in [0, 0.05) is 45.7 Å². The molecule has 3 rings (SSSR count). The minimum absolute atomic E-state index is 0.0168. The standard InChI is InChI=1S/C29H33N3O2/c1-4-27(23-9-6-5-7-10-23)29(25-16-19-31-20-17-25)24-12-14-26(15-13-24)34-22-21-30-18-8-11-28(33)32(2)3/h5-17,19-20,30H,4,18,21-22H2,1-3H3/b11-8?,29-27+. The Labute approximate surface area is 202 Å². The quantitative estimate of drug-likeness (QED) is 0.249. The van der Waals surface area contributed by atoms with Crippen molar-refractivity contribution >= 4 is 17.1 Å². The molecule has 34 heavy (non-hydrogen) atoms. The lowest BCUT2D eigenvalue weighted by Crippen LogP contribution is -2.22. The van der Waals surface area contributed by atoms with E-state index in [0.29, 0.717) is 19.7 Å². The van der Waals surface area contributed by atoms with Crippen molar-refractivity contribution in [2.75, 3.05) is 33.8 Å². The first kappa shape index (κ1) is 24.9. The molecule has 0 unspecified atom stereocenters. The topological polar surface area (TPSA) is 54.5 Å². The van der Waals surface area contributed by atoms with E-state index in [1.807, 2.05) is 36.7 Å². The number of carbonyl (C=O) groups excluding carboxylic acids is 1. The van der Waals surface area contributed by atoms with Crippen LogP contribution in [-0.2, 0) is 4.79 Å². The number of hydrogen-bond acceptors (Lipinski definition) is 4. The number of amides is 1. The summed E-state index contributed by atoms with van der Waals surface area (Å²) in [6, 6.07) is 22.9. The summed E-state index contributed by atoms with van der Waals surface area (Å²) in [5.41, 5.74) is 6.03. The average molecular weight is 456 g/mol. The minimum atomic E-state index is -0.0168. The summed E-state index contributed by atoms with van der Waals surface area (Å²) in [5, 5.41) is 3.25. The summed E-state index contributed by atoms with van der Waals surface area (Å²) in [6.07, 6.45) is 7.98. The number of ether oxygens (including phenoxy) is 1. The molecule has 0 aliphatic carbocycles. The monoisotopic (exact) mass is 455 g/mol. The molecule has 5 heteroatoms. The Morgan fingerprint density at radius 1 is 0.941 bits per heavy atom. The van der Waals surface area contributed by atoms with E-state index in [4.69, 9.17) is 4.74 Å². The van der Waals surface area contributed by atoms with Crippen molar-refractivity contribution in [3.63, 3.8) is 0 Å². The maximum atomic E-state index is 11.5. The van der Waals surface area contributed by atoms with Crippen LogP contribution in [0.15, 0.2) is 91.3 Å². The fraction of sp³-hybridized carbons (Fsp3) is 0.241. The van der Waals surface area contributed by atoms with Crippen molar-refractivity contribution in [1.82, 2.24) is 15.2 Å². The highest BCUT2D eigenvalue weighted by atomic mass is 16.5. The molecule has 1 N–H and O–H groups in total. The van der Waals surface area contributed by atoms with Crippen LogP contribution in [0.4, 0.5) is 0 Å². The molecule has 0 bridgehead atoms. The third kappa shape index (κ3) is 7.15. The molecule has 0 saturated heterocycles. The molecule has 0 saturated carbocycles. The van der Waals surface area contributed by atoms with Gasteiger partial charge in [-0.15, -0.1) is 0 Å². The molecule has 0 aliphatic rings. The van der Waals surface area contributed by atoms with E-state index in [1.165, 1.54) is 16.7 Å². The molecule has 0 aliphatic heterocycles. The van der Waals surface area contributed by atoms with Crippen LogP contribution in [-0.4, -0.2) is 49.6 Å². The van der Waals surface area contributed by atoms with Gasteiger partial charge in [0.2, 0.25) is 5.91 Å². The summed E-state index contributed by atoms with van der Waals surface area (Å²) in [5.74, 6) is 0.813.